The van der Waals surface area contributed by atoms with Crippen LogP contribution in [0.3, 0.4) is 0 Å². The van der Waals surface area contributed by atoms with E-state index in [1.807, 2.05) is 30.3 Å². The number of hydrogen-bond donors (Lipinski definition) is 1. The molecule has 0 saturated carbocycles. The Bertz CT molecular complexity index is 308. The fraction of sp³-hybridized carbons (Fsp3) is 0.200. The summed E-state index contributed by atoms with van der Waals surface area (Å²) in [4.78, 5) is 15.6. The van der Waals surface area contributed by atoms with E-state index < -0.39 is 5.97 Å². The Labute approximate surface area is 82.1 Å². The van der Waals surface area contributed by atoms with Gasteiger partial charge in [-0.2, -0.15) is 0 Å². The van der Waals surface area contributed by atoms with Crippen LogP contribution in [-0.2, 0) is 21.0 Å². The zero-order chi connectivity index (χ0) is 10.2. The average molecular weight is 194 g/mol. The molecule has 0 amide bonds. The number of carbonyl (C=O) groups excluding carboxylic acids is 1. The van der Waals surface area contributed by atoms with E-state index in [9.17, 15) is 4.79 Å². The van der Waals surface area contributed by atoms with Gasteiger partial charge in [-0.3, -0.25) is 4.84 Å². The molecule has 1 rings (SSSR count). The van der Waals surface area contributed by atoms with Gasteiger partial charge in [-0.15, -0.1) is 0 Å². The van der Waals surface area contributed by atoms with E-state index in [4.69, 9.17) is 4.84 Å². The standard InChI is InChI=1S/C10H11NO3/c1-13-10(12)7-11-14-8-9-5-3-2-4-6-9/h2-7H,8H2,1H3/p+1/b11-7+. The molecule has 14 heavy (non-hydrogen) atoms. The van der Waals surface area contributed by atoms with Crippen LogP contribution < -0.4 is 5.16 Å². The fourth-order valence-electron chi connectivity index (χ4n) is 0.848. The van der Waals surface area contributed by atoms with Crippen molar-refractivity contribution in [2.24, 2.45) is 0 Å². The van der Waals surface area contributed by atoms with Crippen LogP contribution in [0.5, 0.6) is 0 Å². The molecule has 0 fully saturated rings. The second kappa shape index (κ2) is 5.75. The molecule has 0 aliphatic rings. The number of rotatable bonds is 4. The molecule has 0 aliphatic heterocycles. The van der Waals surface area contributed by atoms with Crippen molar-refractivity contribution in [2.75, 3.05) is 7.11 Å². The van der Waals surface area contributed by atoms with E-state index in [-0.39, 0.29) is 0 Å². The molecular formula is C10H12NO3+. The lowest BCUT2D eigenvalue weighted by Crippen LogP contribution is -2.68. The van der Waals surface area contributed by atoms with E-state index in [1.165, 1.54) is 7.11 Å². The van der Waals surface area contributed by atoms with E-state index in [0.717, 1.165) is 11.8 Å². The highest BCUT2D eigenvalue weighted by atomic mass is 16.6. The maximum Gasteiger partial charge on any atom is 0.399 e. The monoisotopic (exact) mass is 194 g/mol. The number of hydrogen-bond acceptors (Lipinski definition) is 3. The van der Waals surface area contributed by atoms with Crippen LogP contribution in [0.25, 0.3) is 0 Å². The SMILES string of the molecule is COC(=O)/C=[NH+]/OCc1ccccc1. The van der Waals surface area contributed by atoms with Crippen molar-refractivity contribution in [3.63, 3.8) is 0 Å². The number of carbonyl (C=O) groups is 1. The maximum atomic E-state index is 10.6. The lowest BCUT2D eigenvalue weighted by Gasteiger charge is -1.93. The highest BCUT2D eigenvalue weighted by Crippen LogP contribution is 1.97. The Morgan fingerprint density at radius 2 is 2.14 bits per heavy atom. The normalized spacial score (nSPS) is 10.1. The summed E-state index contributed by atoms with van der Waals surface area (Å²) in [5.41, 5.74) is 1.03. The van der Waals surface area contributed by atoms with Crippen LogP contribution >= 0.6 is 0 Å². The number of methoxy groups -OCH3 is 1. The zero-order valence-corrected chi connectivity index (χ0v) is 7.90. The first-order valence-corrected chi connectivity index (χ1v) is 4.15. The minimum absolute atomic E-state index is 0.397. The van der Waals surface area contributed by atoms with Crippen molar-refractivity contribution in [1.29, 1.82) is 0 Å². The third kappa shape index (κ3) is 3.71. The first-order chi connectivity index (χ1) is 6.83. The Kier molecular flexibility index (Phi) is 4.20. The first kappa shape index (κ1) is 10.2. The van der Waals surface area contributed by atoms with Gasteiger partial charge in [0.05, 0.1) is 7.11 Å². The number of nitrogens with one attached hydrogen (secondary N) is 1. The molecule has 1 aromatic carbocycles. The van der Waals surface area contributed by atoms with Gasteiger partial charge in [0.25, 0.3) is 6.21 Å². The van der Waals surface area contributed by atoms with Crippen LogP contribution in [0.4, 0.5) is 0 Å². The third-order valence-corrected chi connectivity index (χ3v) is 1.54. The van der Waals surface area contributed by atoms with Gasteiger partial charge in [0, 0.05) is 0 Å². The van der Waals surface area contributed by atoms with Crippen LogP contribution in [-0.4, -0.2) is 19.3 Å². The summed E-state index contributed by atoms with van der Waals surface area (Å²) in [5.74, 6) is -0.474. The summed E-state index contributed by atoms with van der Waals surface area (Å²) in [6, 6.07) is 9.63. The molecule has 0 aromatic heterocycles. The predicted octanol–water partition coefficient (Wildman–Crippen LogP) is -0.557. The molecule has 0 unspecified atom stereocenters. The van der Waals surface area contributed by atoms with E-state index in [0.29, 0.717) is 6.61 Å². The van der Waals surface area contributed by atoms with E-state index in [2.05, 4.69) is 9.89 Å². The second-order valence-electron chi connectivity index (χ2n) is 2.56. The van der Waals surface area contributed by atoms with E-state index >= 15 is 0 Å². The number of esters is 1. The summed E-state index contributed by atoms with van der Waals surface area (Å²) in [6.07, 6.45) is 1.11. The summed E-state index contributed by atoms with van der Waals surface area (Å²) in [5, 5.41) is 2.39. The molecule has 4 nitrogen and oxygen atoms in total. The van der Waals surface area contributed by atoms with Gasteiger partial charge in [0.1, 0.15) is 0 Å². The Morgan fingerprint density at radius 1 is 1.43 bits per heavy atom. The Morgan fingerprint density at radius 3 is 2.79 bits per heavy atom. The first-order valence-electron chi connectivity index (χ1n) is 4.15. The van der Waals surface area contributed by atoms with Gasteiger partial charge in [-0.05, 0) is 10.7 Å². The molecule has 0 heterocycles. The summed E-state index contributed by atoms with van der Waals surface area (Å²) < 4.78 is 4.37. The van der Waals surface area contributed by atoms with Crippen LogP contribution in [0.15, 0.2) is 30.3 Å². The third-order valence-electron chi connectivity index (χ3n) is 1.54. The lowest BCUT2D eigenvalue weighted by atomic mass is 10.2. The lowest BCUT2D eigenvalue weighted by molar-refractivity contribution is -0.754. The van der Waals surface area contributed by atoms with Crippen molar-refractivity contribution in [2.45, 2.75) is 6.61 Å². The molecular weight excluding hydrogens is 182 g/mol. The molecule has 0 radical (unpaired) electrons. The molecule has 4 heteroatoms. The topological polar surface area (TPSA) is 49.5 Å². The quantitative estimate of drug-likeness (QED) is 0.397. The summed E-state index contributed by atoms with van der Waals surface area (Å²) in [7, 11) is 1.30. The summed E-state index contributed by atoms with van der Waals surface area (Å²) >= 11 is 0. The molecule has 0 bridgehead atoms. The zero-order valence-electron chi connectivity index (χ0n) is 7.90. The molecule has 1 aromatic rings. The Hall–Kier alpha value is -1.84. The smallest absolute Gasteiger partial charge is 0.399 e. The Balaban J connectivity index is 2.29. The van der Waals surface area contributed by atoms with Gasteiger partial charge >= 0.3 is 5.97 Å². The molecule has 0 atom stereocenters. The molecule has 74 valence electrons. The minimum atomic E-state index is -0.474. The van der Waals surface area contributed by atoms with Gasteiger partial charge in [-0.1, -0.05) is 30.3 Å². The van der Waals surface area contributed by atoms with Crippen molar-refractivity contribution >= 4 is 12.2 Å². The van der Waals surface area contributed by atoms with Gasteiger partial charge in [0.2, 0.25) is 0 Å². The fourth-order valence-corrected chi connectivity index (χ4v) is 0.848. The molecule has 0 spiro atoms. The van der Waals surface area contributed by atoms with Crippen LogP contribution in [0, 0.1) is 0 Å². The number of benzene rings is 1. The summed E-state index contributed by atoms with van der Waals surface area (Å²) in [6.45, 7) is 0.397. The second-order valence-corrected chi connectivity index (χ2v) is 2.56. The van der Waals surface area contributed by atoms with Gasteiger partial charge < -0.3 is 4.74 Å². The molecule has 0 saturated heterocycles. The van der Waals surface area contributed by atoms with Crippen molar-refractivity contribution < 1.29 is 19.5 Å². The highest BCUT2D eigenvalue weighted by molar-refractivity contribution is 6.20. The molecule has 1 N–H and O–H groups in total. The average Bonchev–Trinajstić information content (AvgIpc) is 2.25. The van der Waals surface area contributed by atoms with Crippen molar-refractivity contribution in [3.8, 4) is 0 Å². The van der Waals surface area contributed by atoms with Crippen LogP contribution in [0.2, 0.25) is 0 Å². The van der Waals surface area contributed by atoms with Gasteiger partial charge in [0.15, 0.2) is 6.61 Å². The number of ether oxygens (including phenoxy) is 1. The van der Waals surface area contributed by atoms with Crippen molar-refractivity contribution in [1.82, 2.24) is 0 Å². The van der Waals surface area contributed by atoms with Crippen LogP contribution in [0.1, 0.15) is 5.56 Å². The predicted molar refractivity (Wildman–Crippen MR) is 50.3 cm³/mol. The highest BCUT2D eigenvalue weighted by Gasteiger charge is 1.98. The minimum Gasteiger partial charge on any atom is -0.461 e. The van der Waals surface area contributed by atoms with Crippen molar-refractivity contribution in [3.05, 3.63) is 35.9 Å². The largest absolute Gasteiger partial charge is 0.461 e. The van der Waals surface area contributed by atoms with Gasteiger partial charge in [-0.25, -0.2) is 4.79 Å². The van der Waals surface area contributed by atoms with E-state index in [1.54, 1.807) is 0 Å². The molecule has 0 aliphatic carbocycles. The maximum absolute atomic E-state index is 10.6.